The van der Waals surface area contributed by atoms with Crippen LogP contribution in [0.4, 0.5) is 5.82 Å². The molecule has 2 N–H and O–H groups in total. The lowest BCUT2D eigenvalue weighted by atomic mass is 9.98. The molecule has 3 nitrogen and oxygen atoms in total. The molecule has 0 saturated carbocycles. The van der Waals surface area contributed by atoms with Crippen molar-refractivity contribution < 1.29 is 0 Å². The summed E-state index contributed by atoms with van der Waals surface area (Å²) >= 11 is 0. The largest absolute Gasteiger partial charge is 0.354 e. The zero-order chi connectivity index (χ0) is 12.1. The van der Waals surface area contributed by atoms with Gasteiger partial charge in [0.2, 0.25) is 0 Å². The van der Waals surface area contributed by atoms with Gasteiger partial charge in [0, 0.05) is 25.3 Å². The van der Waals surface area contributed by atoms with Crippen molar-refractivity contribution in [2.75, 3.05) is 11.4 Å². The maximum Gasteiger partial charge on any atom is 0.128 e. The molecular weight excluding hydrogens is 210 g/mol. The topological polar surface area (TPSA) is 42.1 Å². The molecule has 94 valence electrons. The van der Waals surface area contributed by atoms with Gasteiger partial charge >= 0.3 is 0 Å². The Bertz CT molecular complexity index is 332. The molecule has 17 heavy (non-hydrogen) atoms. The second-order valence-electron chi connectivity index (χ2n) is 4.86. The summed E-state index contributed by atoms with van der Waals surface area (Å²) in [6, 6.07) is 4.90. The quantitative estimate of drug-likeness (QED) is 0.869. The van der Waals surface area contributed by atoms with Crippen LogP contribution >= 0.6 is 0 Å². The van der Waals surface area contributed by atoms with E-state index in [0.29, 0.717) is 12.6 Å². The molecule has 1 unspecified atom stereocenters. The van der Waals surface area contributed by atoms with Crippen molar-refractivity contribution in [3.8, 4) is 0 Å². The molecule has 2 rings (SSSR count). The number of hydrogen-bond donors (Lipinski definition) is 1. The molecular formula is C14H23N3. The molecule has 1 atom stereocenters. The van der Waals surface area contributed by atoms with Gasteiger partial charge in [-0.15, -0.1) is 0 Å². The Labute approximate surface area is 104 Å². The van der Waals surface area contributed by atoms with E-state index in [2.05, 4.69) is 28.9 Å². The molecule has 0 amide bonds. The molecule has 1 aliphatic rings. The van der Waals surface area contributed by atoms with Gasteiger partial charge in [0.15, 0.2) is 0 Å². The van der Waals surface area contributed by atoms with Gasteiger partial charge < -0.3 is 10.6 Å². The zero-order valence-electron chi connectivity index (χ0n) is 10.7. The van der Waals surface area contributed by atoms with Gasteiger partial charge in [0.1, 0.15) is 5.82 Å². The highest BCUT2D eigenvalue weighted by atomic mass is 15.2. The Morgan fingerprint density at radius 3 is 2.94 bits per heavy atom. The summed E-state index contributed by atoms with van der Waals surface area (Å²) in [6.07, 6.45) is 8.41. The number of nitrogens with two attached hydrogens (primary N) is 1. The number of anilines is 1. The summed E-state index contributed by atoms with van der Waals surface area (Å²) in [5, 5.41) is 0. The van der Waals surface area contributed by atoms with Crippen molar-refractivity contribution in [1.29, 1.82) is 0 Å². The third-order valence-electron chi connectivity index (χ3n) is 3.59. The minimum Gasteiger partial charge on any atom is -0.354 e. The highest BCUT2D eigenvalue weighted by Gasteiger charge is 2.22. The summed E-state index contributed by atoms with van der Waals surface area (Å²) < 4.78 is 0. The minimum atomic E-state index is 0.575. The summed E-state index contributed by atoms with van der Waals surface area (Å²) in [5.74, 6) is 1.13. The standard InChI is InChI=1S/C14H23N3/c1-2-5-13-6-3-4-9-17(13)14-8-7-12(10-15)11-16-14/h7-8,11,13H,2-6,9-10,15H2,1H3. The highest BCUT2D eigenvalue weighted by molar-refractivity contribution is 5.41. The van der Waals surface area contributed by atoms with Crippen molar-refractivity contribution in [3.05, 3.63) is 23.9 Å². The molecule has 0 spiro atoms. The van der Waals surface area contributed by atoms with Gasteiger partial charge in [0.05, 0.1) is 0 Å². The zero-order valence-corrected chi connectivity index (χ0v) is 10.7. The van der Waals surface area contributed by atoms with Crippen LogP contribution in [-0.2, 0) is 6.54 Å². The first-order chi connectivity index (χ1) is 8.35. The van der Waals surface area contributed by atoms with Gasteiger partial charge in [-0.25, -0.2) is 4.98 Å². The van der Waals surface area contributed by atoms with Crippen LogP contribution in [0.2, 0.25) is 0 Å². The van der Waals surface area contributed by atoms with Gasteiger partial charge in [-0.2, -0.15) is 0 Å². The molecule has 0 radical (unpaired) electrons. The van der Waals surface area contributed by atoms with E-state index in [1.807, 2.05) is 6.20 Å². The smallest absolute Gasteiger partial charge is 0.128 e. The molecule has 1 aromatic heterocycles. The van der Waals surface area contributed by atoms with E-state index in [-0.39, 0.29) is 0 Å². The molecule has 1 aromatic rings. The van der Waals surface area contributed by atoms with Crippen LogP contribution in [0.5, 0.6) is 0 Å². The Morgan fingerprint density at radius 1 is 1.41 bits per heavy atom. The minimum absolute atomic E-state index is 0.575. The van der Waals surface area contributed by atoms with Crippen molar-refractivity contribution in [1.82, 2.24) is 4.98 Å². The van der Waals surface area contributed by atoms with E-state index >= 15 is 0 Å². The fourth-order valence-electron chi connectivity index (χ4n) is 2.64. The molecule has 1 aliphatic heterocycles. The van der Waals surface area contributed by atoms with Crippen molar-refractivity contribution in [2.45, 2.75) is 51.6 Å². The first-order valence-electron chi connectivity index (χ1n) is 6.76. The third kappa shape index (κ3) is 2.97. The van der Waals surface area contributed by atoms with Crippen molar-refractivity contribution >= 4 is 5.82 Å². The van der Waals surface area contributed by atoms with E-state index in [4.69, 9.17) is 5.73 Å². The number of hydrogen-bond acceptors (Lipinski definition) is 3. The lowest BCUT2D eigenvalue weighted by Gasteiger charge is -2.36. The van der Waals surface area contributed by atoms with Crippen LogP contribution in [-0.4, -0.2) is 17.6 Å². The number of rotatable bonds is 4. The number of piperidine rings is 1. The van der Waals surface area contributed by atoms with Crippen LogP contribution in [0.1, 0.15) is 44.6 Å². The lowest BCUT2D eigenvalue weighted by molar-refractivity contribution is 0.432. The van der Waals surface area contributed by atoms with Crippen LogP contribution < -0.4 is 10.6 Å². The molecule has 0 bridgehead atoms. The molecule has 1 fully saturated rings. The fourth-order valence-corrected chi connectivity index (χ4v) is 2.64. The first-order valence-corrected chi connectivity index (χ1v) is 6.76. The predicted molar refractivity (Wildman–Crippen MR) is 72.0 cm³/mol. The number of aromatic nitrogens is 1. The number of nitrogens with zero attached hydrogens (tertiary/aromatic N) is 2. The van der Waals surface area contributed by atoms with E-state index < -0.39 is 0 Å². The van der Waals surface area contributed by atoms with Gasteiger partial charge in [-0.1, -0.05) is 19.4 Å². The van der Waals surface area contributed by atoms with Crippen molar-refractivity contribution in [2.24, 2.45) is 5.73 Å². The molecule has 2 heterocycles. The maximum absolute atomic E-state index is 5.60. The summed E-state index contributed by atoms with van der Waals surface area (Å²) in [6.45, 7) is 3.99. The second kappa shape index (κ2) is 6.01. The second-order valence-corrected chi connectivity index (χ2v) is 4.86. The van der Waals surface area contributed by atoms with E-state index in [1.54, 1.807) is 0 Å². The van der Waals surface area contributed by atoms with E-state index in [1.165, 1.54) is 32.1 Å². The van der Waals surface area contributed by atoms with Crippen LogP contribution in [0, 0.1) is 0 Å². The summed E-state index contributed by atoms with van der Waals surface area (Å²) in [4.78, 5) is 7.03. The monoisotopic (exact) mass is 233 g/mol. The SMILES string of the molecule is CCCC1CCCCN1c1ccc(CN)cn1. The Kier molecular flexibility index (Phi) is 4.37. The van der Waals surface area contributed by atoms with Crippen molar-refractivity contribution in [3.63, 3.8) is 0 Å². The van der Waals surface area contributed by atoms with Gasteiger partial charge in [-0.05, 0) is 37.3 Å². The fraction of sp³-hybridized carbons (Fsp3) is 0.643. The average molecular weight is 233 g/mol. The maximum atomic E-state index is 5.60. The van der Waals surface area contributed by atoms with Gasteiger partial charge in [-0.3, -0.25) is 0 Å². The van der Waals surface area contributed by atoms with Crippen LogP contribution in [0.15, 0.2) is 18.3 Å². The molecule has 0 aromatic carbocycles. The van der Waals surface area contributed by atoms with E-state index in [0.717, 1.165) is 17.9 Å². The Morgan fingerprint density at radius 2 is 2.29 bits per heavy atom. The van der Waals surface area contributed by atoms with Crippen LogP contribution in [0.25, 0.3) is 0 Å². The van der Waals surface area contributed by atoms with Gasteiger partial charge in [0.25, 0.3) is 0 Å². The first kappa shape index (κ1) is 12.4. The molecule has 3 heteroatoms. The third-order valence-corrected chi connectivity index (χ3v) is 3.59. The number of pyridine rings is 1. The summed E-state index contributed by atoms with van der Waals surface area (Å²) in [7, 11) is 0. The van der Waals surface area contributed by atoms with E-state index in [9.17, 15) is 0 Å². The van der Waals surface area contributed by atoms with Crippen LogP contribution in [0.3, 0.4) is 0 Å². The predicted octanol–water partition coefficient (Wildman–Crippen LogP) is 2.70. The summed E-state index contributed by atoms with van der Waals surface area (Å²) in [5.41, 5.74) is 6.71. The lowest BCUT2D eigenvalue weighted by Crippen LogP contribution is -2.40. The Balaban J connectivity index is 2.11. The normalized spacial score (nSPS) is 20.6. The molecule has 0 aliphatic carbocycles. The average Bonchev–Trinajstić information content (AvgIpc) is 2.40. The highest BCUT2D eigenvalue weighted by Crippen LogP contribution is 2.25. The molecule has 1 saturated heterocycles. The Hall–Kier alpha value is -1.09.